The van der Waals surface area contributed by atoms with E-state index in [9.17, 15) is 48.3 Å². The maximum Gasteiger partial charge on any atom is 0.366 e. The number of benzene rings is 3. The van der Waals surface area contributed by atoms with Crippen molar-refractivity contribution in [1.82, 2.24) is 4.90 Å². The molecule has 0 aromatic heterocycles. The molecule has 0 saturated carbocycles. The minimum atomic E-state index is -2.87. The van der Waals surface area contributed by atoms with Gasteiger partial charge in [0.15, 0.2) is 30.7 Å². The van der Waals surface area contributed by atoms with Crippen LogP contribution in [0.25, 0.3) is 0 Å². The zero-order chi connectivity index (χ0) is 51.6. The number of hydrogen-bond acceptors (Lipinski definition) is 21. The summed E-state index contributed by atoms with van der Waals surface area (Å²) in [7, 11) is 0.921. The number of nitrogens with zero attached hydrogens (tertiary/aromatic N) is 1. The molecule has 378 valence electrons. The van der Waals surface area contributed by atoms with Gasteiger partial charge in [0.05, 0.1) is 49.0 Å². The minimum absolute atomic E-state index is 0.0363. The Kier molecular flexibility index (Phi) is 17.5. The Balaban J connectivity index is 1.46. The summed E-state index contributed by atoms with van der Waals surface area (Å²) in [6, 6.07) is 19.1. The van der Waals surface area contributed by atoms with Crippen LogP contribution in [0.15, 0.2) is 97.6 Å². The summed E-state index contributed by atoms with van der Waals surface area (Å²) in [5.74, 6) is -12.0. The summed E-state index contributed by atoms with van der Waals surface area (Å²) in [5.41, 5.74) is -0.0726. The fraction of sp³-hybridized carbons (Fsp3) is 0.408. The van der Waals surface area contributed by atoms with Crippen LogP contribution in [0, 0.1) is 0 Å². The second kappa shape index (κ2) is 23.5. The molecule has 3 aromatic rings. The average molecular weight is 990 g/mol. The highest BCUT2D eigenvalue weighted by atomic mass is 16.8. The van der Waals surface area contributed by atoms with Gasteiger partial charge in [0, 0.05) is 27.7 Å². The van der Waals surface area contributed by atoms with Crippen LogP contribution in [0.2, 0.25) is 0 Å². The Morgan fingerprint density at radius 1 is 0.761 bits per heavy atom. The molecule has 2 amide bonds. The van der Waals surface area contributed by atoms with Crippen molar-refractivity contribution in [3.8, 4) is 0 Å². The Bertz CT molecular complexity index is 2450. The number of ether oxygens (including phenoxy) is 11. The van der Waals surface area contributed by atoms with E-state index in [-0.39, 0.29) is 28.9 Å². The molecule has 4 unspecified atom stereocenters. The number of aliphatic hydroxyl groups excluding tert-OH is 1. The Hall–Kier alpha value is -7.37. The number of carbonyl (C=O) groups excluding carboxylic acids is 9. The van der Waals surface area contributed by atoms with Gasteiger partial charge >= 0.3 is 41.8 Å². The molecule has 2 fully saturated rings. The molecular weight excluding hydrogens is 939 g/mol. The number of esters is 7. The molecular formula is C49H51NO21. The van der Waals surface area contributed by atoms with Crippen molar-refractivity contribution >= 4 is 53.6 Å². The molecule has 2 saturated heterocycles. The molecule has 3 heterocycles. The highest BCUT2D eigenvalue weighted by molar-refractivity contribution is 6.21. The molecule has 71 heavy (non-hydrogen) atoms. The van der Waals surface area contributed by atoms with Gasteiger partial charge in [-0.3, -0.25) is 33.7 Å². The number of imide groups is 1. The molecule has 22 heteroatoms. The topological polar surface area (TPSA) is 279 Å². The number of amides is 2. The van der Waals surface area contributed by atoms with Crippen molar-refractivity contribution in [3.05, 3.63) is 120 Å². The van der Waals surface area contributed by atoms with Gasteiger partial charge in [-0.25, -0.2) is 14.4 Å². The van der Waals surface area contributed by atoms with Crippen LogP contribution >= 0.6 is 0 Å². The van der Waals surface area contributed by atoms with Crippen molar-refractivity contribution < 1.29 is 100 Å². The molecule has 6 rings (SSSR count). The maximum atomic E-state index is 14.4. The van der Waals surface area contributed by atoms with Crippen LogP contribution < -0.4 is 0 Å². The van der Waals surface area contributed by atoms with Gasteiger partial charge in [0.2, 0.25) is 0 Å². The zero-order valence-electron chi connectivity index (χ0n) is 39.0. The van der Waals surface area contributed by atoms with Gasteiger partial charge in [0.25, 0.3) is 17.6 Å². The first-order valence-corrected chi connectivity index (χ1v) is 22.0. The van der Waals surface area contributed by atoms with Gasteiger partial charge in [-0.1, -0.05) is 54.6 Å². The van der Waals surface area contributed by atoms with E-state index in [1.807, 2.05) is 0 Å². The highest BCUT2D eigenvalue weighted by Gasteiger charge is 2.63. The molecule has 22 nitrogen and oxygen atoms in total. The van der Waals surface area contributed by atoms with E-state index in [4.69, 9.17) is 52.1 Å². The molecule has 3 aromatic carbocycles. The number of rotatable bonds is 19. The summed E-state index contributed by atoms with van der Waals surface area (Å²) >= 11 is 0. The lowest BCUT2D eigenvalue weighted by Crippen LogP contribution is -2.70. The van der Waals surface area contributed by atoms with Gasteiger partial charge in [-0.15, -0.1) is 6.58 Å². The third-order valence-electron chi connectivity index (χ3n) is 11.2. The fourth-order valence-electron chi connectivity index (χ4n) is 8.24. The minimum Gasteiger partial charge on any atom is -0.465 e. The van der Waals surface area contributed by atoms with Gasteiger partial charge in [-0.2, -0.15) is 0 Å². The van der Waals surface area contributed by atoms with Crippen LogP contribution in [-0.4, -0.2) is 157 Å². The second-order valence-corrected chi connectivity index (χ2v) is 16.2. The SMILES string of the molecule is C=CCO[C@H]1OC(CO[C@]2(C(=O)OC)C[C@@H](OC(C)=O)[C@@H](N3C(=O)c4ccccc4C3=O)C([C@H](OC(C)=O)[C@@H](COC(C)=O)OC(C)=O)O2)[C@H](O)C(OC(=O)c2ccccc2)C1OC(=O)c1ccccc1. The molecule has 0 radical (unpaired) electrons. The third-order valence-corrected chi connectivity index (χ3v) is 11.2. The van der Waals surface area contributed by atoms with Crippen LogP contribution in [0.3, 0.4) is 0 Å². The highest BCUT2D eigenvalue weighted by Crippen LogP contribution is 2.42. The Labute approximate surface area is 405 Å². The van der Waals surface area contributed by atoms with Crippen molar-refractivity contribution in [2.45, 2.75) is 101 Å². The van der Waals surface area contributed by atoms with Gasteiger partial charge in [-0.05, 0) is 36.4 Å². The van der Waals surface area contributed by atoms with E-state index in [1.54, 1.807) is 36.4 Å². The van der Waals surface area contributed by atoms with E-state index in [1.165, 1.54) is 54.6 Å². The first-order chi connectivity index (χ1) is 33.9. The van der Waals surface area contributed by atoms with E-state index >= 15 is 0 Å². The molecule has 0 bridgehead atoms. The van der Waals surface area contributed by atoms with Crippen molar-refractivity contribution in [2.24, 2.45) is 0 Å². The van der Waals surface area contributed by atoms with Crippen LogP contribution in [0.1, 0.15) is 75.5 Å². The summed E-state index contributed by atoms with van der Waals surface area (Å²) in [4.78, 5) is 122. The number of aliphatic hydroxyl groups is 1. The molecule has 0 aliphatic carbocycles. The van der Waals surface area contributed by atoms with E-state index < -0.39 is 140 Å². The standard InChI is InChI=1S/C49H51NO21/c1-7-22-62-47-42(70-46(59)31-18-12-9-13-19-31)41(69-45(58)30-16-10-8-11-17-30)38(55)35(68-47)25-64-49(48(60)61-6)23-34(65-27(3)52)37(50-43(56)32-20-14-15-21-33(32)44(50)57)40(71-49)39(67-29(5)54)36(66-28(4)53)24-63-26(2)51/h7-21,34-42,47,55H,1,22-25H2,2-6H3/t34-,35?,36-,37-,38+,39-,40?,41?,42?,47+,49-/m1/s1. The summed E-state index contributed by atoms with van der Waals surface area (Å²) in [5, 5.41) is 12.1. The normalized spacial score (nSPS) is 25.6. The van der Waals surface area contributed by atoms with Gasteiger partial charge < -0.3 is 57.2 Å². The second-order valence-electron chi connectivity index (χ2n) is 16.2. The van der Waals surface area contributed by atoms with Crippen LogP contribution in [0.5, 0.6) is 0 Å². The number of fused-ring (bicyclic) bond motifs is 1. The zero-order valence-corrected chi connectivity index (χ0v) is 39.0. The van der Waals surface area contributed by atoms with E-state index in [2.05, 4.69) is 6.58 Å². The lowest BCUT2D eigenvalue weighted by Gasteiger charge is -2.50. The lowest BCUT2D eigenvalue weighted by atomic mass is 9.86. The average Bonchev–Trinajstić information content (AvgIpc) is 3.59. The summed E-state index contributed by atoms with van der Waals surface area (Å²) < 4.78 is 63.8. The largest absolute Gasteiger partial charge is 0.465 e. The number of hydrogen-bond donors (Lipinski definition) is 1. The maximum absolute atomic E-state index is 14.4. The lowest BCUT2D eigenvalue weighted by molar-refractivity contribution is -0.340. The van der Waals surface area contributed by atoms with Crippen molar-refractivity contribution in [1.29, 1.82) is 0 Å². The molecule has 1 N–H and O–H groups in total. The van der Waals surface area contributed by atoms with Crippen LogP contribution in [-0.2, 0) is 76.1 Å². The molecule has 11 atom stereocenters. The Morgan fingerprint density at radius 3 is 1.82 bits per heavy atom. The van der Waals surface area contributed by atoms with Gasteiger partial charge in [0.1, 0.15) is 37.1 Å². The van der Waals surface area contributed by atoms with Crippen molar-refractivity contribution in [2.75, 3.05) is 26.9 Å². The van der Waals surface area contributed by atoms with E-state index in [0.717, 1.165) is 34.8 Å². The first kappa shape index (κ1) is 53.0. The molecule has 3 aliphatic rings. The molecule has 3 aliphatic heterocycles. The smallest absolute Gasteiger partial charge is 0.366 e. The molecule has 0 spiro atoms. The summed E-state index contributed by atoms with van der Waals surface area (Å²) in [6.45, 7) is 5.53. The van der Waals surface area contributed by atoms with E-state index in [0.29, 0.717) is 4.90 Å². The monoisotopic (exact) mass is 989 g/mol. The predicted molar refractivity (Wildman–Crippen MR) is 236 cm³/mol. The van der Waals surface area contributed by atoms with Crippen LogP contribution in [0.4, 0.5) is 0 Å². The quantitative estimate of drug-likeness (QED) is 0.0781. The summed E-state index contributed by atoms with van der Waals surface area (Å²) in [6.07, 6.45) is -16.2. The third kappa shape index (κ3) is 12.3. The van der Waals surface area contributed by atoms with Crippen molar-refractivity contribution in [3.63, 3.8) is 0 Å². The number of carbonyl (C=O) groups is 9. The number of methoxy groups -OCH3 is 1. The predicted octanol–water partition coefficient (Wildman–Crippen LogP) is 2.42. The fourth-order valence-corrected chi connectivity index (χ4v) is 8.24. The Morgan fingerprint density at radius 2 is 1.31 bits per heavy atom. The first-order valence-electron chi connectivity index (χ1n) is 22.0.